The molecule has 0 aromatic carbocycles. The van der Waals surface area contributed by atoms with Gasteiger partial charge in [0.25, 0.3) is 0 Å². The summed E-state index contributed by atoms with van der Waals surface area (Å²) in [7, 11) is 0. The van der Waals surface area contributed by atoms with E-state index in [4.69, 9.17) is 0 Å². The number of thiophene rings is 1. The third kappa shape index (κ3) is 2.24. The van der Waals surface area contributed by atoms with Gasteiger partial charge in [0, 0.05) is 31.8 Å². The molecule has 7 heteroatoms. The molecule has 1 fully saturated rings. The third-order valence-corrected chi connectivity index (χ3v) is 5.28. The van der Waals surface area contributed by atoms with E-state index >= 15 is 0 Å². The Labute approximate surface area is 130 Å². The zero-order valence-electron chi connectivity index (χ0n) is 11.8. The van der Waals surface area contributed by atoms with Gasteiger partial charge in [0.05, 0.1) is 23.3 Å². The number of imidazole rings is 1. The molecule has 0 saturated heterocycles. The van der Waals surface area contributed by atoms with E-state index in [1.165, 1.54) is 0 Å². The normalized spacial score (nSPS) is 20.5. The maximum Gasteiger partial charge on any atom is 0.249 e. The van der Waals surface area contributed by atoms with Gasteiger partial charge in [-0.25, -0.2) is 13.8 Å². The fraction of sp³-hybridized carbons (Fsp3) is 0.467. The molecule has 4 nitrogen and oxygen atoms in total. The summed E-state index contributed by atoms with van der Waals surface area (Å²) in [6, 6.07) is 4.04. The Morgan fingerprint density at radius 2 is 2.18 bits per heavy atom. The highest BCUT2D eigenvalue weighted by atomic mass is 32.1. The van der Waals surface area contributed by atoms with Crippen molar-refractivity contribution in [3.8, 4) is 10.6 Å². The van der Waals surface area contributed by atoms with Crippen molar-refractivity contribution in [2.75, 3.05) is 6.54 Å². The molecule has 116 valence electrons. The number of nitrogens with zero attached hydrogens (tertiary/aromatic N) is 3. The van der Waals surface area contributed by atoms with Crippen LogP contribution in [0, 0.1) is 5.92 Å². The molecular formula is C15H15F2N3OS. The Morgan fingerprint density at radius 3 is 2.86 bits per heavy atom. The maximum absolute atomic E-state index is 12.9. The van der Waals surface area contributed by atoms with Gasteiger partial charge in [0.1, 0.15) is 5.82 Å². The van der Waals surface area contributed by atoms with E-state index in [9.17, 15) is 13.6 Å². The molecular weight excluding hydrogens is 308 g/mol. The average molecular weight is 323 g/mol. The maximum atomic E-state index is 12.9. The third-order valence-electron chi connectivity index (χ3n) is 4.39. The van der Waals surface area contributed by atoms with Crippen molar-refractivity contribution in [1.82, 2.24) is 14.5 Å². The van der Waals surface area contributed by atoms with Crippen molar-refractivity contribution in [2.45, 2.75) is 31.9 Å². The van der Waals surface area contributed by atoms with Crippen LogP contribution >= 0.6 is 11.3 Å². The van der Waals surface area contributed by atoms with Crippen molar-refractivity contribution in [3.05, 3.63) is 29.5 Å². The first-order valence-electron chi connectivity index (χ1n) is 7.28. The van der Waals surface area contributed by atoms with Crippen LogP contribution in [-0.2, 0) is 17.9 Å². The Kier molecular flexibility index (Phi) is 3.07. The fourth-order valence-corrected chi connectivity index (χ4v) is 3.91. The largest absolute Gasteiger partial charge is 0.333 e. The number of hydrogen-bond acceptors (Lipinski definition) is 3. The summed E-state index contributed by atoms with van der Waals surface area (Å²) in [5.74, 6) is -2.50. The van der Waals surface area contributed by atoms with Crippen LogP contribution in [0.1, 0.15) is 18.7 Å². The second kappa shape index (κ2) is 4.87. The fourth-order valence-electron chi connectivity index (χ4n) is 3.16. The second-order valence-corrected chi connectivity index (χ2v) is 6.86. The van der Waals surface area contributed by atoms with E-state index in [-0.39, 0.29) is 18.7 Å². The first-order chi connectivity index (χ1) is 10.5. The van der Waals surface area contributed by atoms with E-state index in [2.05, 4.69) is 9.55 Å². The lowest BCUT2D eigenvalue weighted by atomic mass is 9.80. The molecule has 1 saturated carbocycles. The molecule has 0 unspecified atom stereocenters. The van der Waals surface area contributed by atoms with Crippen molar-refractivity contribution >= 4 is 17.2 Å². The van der Waals surface area contributed by atoms with Crippen LogP contribution < -0.4 is 0 Å². The topological polar surface area (TPSA) is 38.1 Å². The zero-order chi connectivity index (χ0) is 15.3. The lowest BCUT2D eigenvalue weighted by molar-refractivity contribution is -0.161. The lowest BCUT2D eigenvalue weighted by Gasteiger charge is -2.38. The van der Waals surface area contributed by atoms with Gasteiger partial charge in [0.2, 0.25) is 11.8 Å². The van der Waals surface area contributed by atoms with Crippen LogP contribution in [0.5, 0.6) is 0 Å². The molecule has 1 amide bonds. The Bertz CT molecular complexity index is 702. The first-order valence-corrected chi connectivity index (χ1v) is 8.16. The second-order valence-electron chi connectivity index (χ2n) is 5.91. The summed E-state index contributed by atoms with van der Waals surface area (Å²) in [6.07, 6.45) is 1.21. The number of alkyl halides is 2. The lowest BCUT2D eigenvalue weighted by Crippen LogP contribution is -2.48. The molecule has 2 aliphatic rings. The van der Waals surface area contributed by atoms with E-state index < -0.39 is 11.8 Å². The molecule has 4 rings (SSSR count). The Morgan fingerprint density at radius 1 is 1.36 bits per heavy atom. The molecule has 2 aromatic heterocycles. The van der Waals surface area contributed by atoms with E-state index in [0.717, 1.165) is 16.4 Å². The minimum absolute atomic E-state index is 0.155. The van der Waals surface area contributed by atoms with Gasteiger partial charge in [-0.1, -0.05) is 6.07 Å². The standard InChI is InChI=1S/C15H15F2N3OS/c16-15(17)6-10(7-15)14(21)19-3-4-20-11(8-18-13(20)9-19)12-2-1-5-22-12/h1-2,5,8,10H,3-4,6-7,9H2. The summed E-state index contributed by atoms with van der Waals surface area (Å²) in [4.78, 5) is 19.5. The molecule has 22 heavy (non-hydrogen) atoms. The SMILES string of the molecule is O=C(C1CC(F)(F)C1)N1CCn2c(-c3cccs3)cnc2C1. The molecule has 0 N–H and O–H groups in total. The van der Waals surface area contributed by atoms with Gasteiger partial charge < -0.3 is 9.47 Å². The number of rotatable bonds is 2. The van der Waals surface area contributed by atoms with Gasteiger partial charge in [-0.15, -0.1) is 11.3 Å². The molecule has 1 aliphatic heterocycles. The van der Waals surface area contributed by atoms with Gasteiger partial charge in [-0.3, -0.25) is 4.79 Å². The number of amides is 1. The van der Waals surface area contributed by atoms with E-state index in [1.54, 1.807) is 16.2 Å². The van der Waals surface area contributed by atoms with Gasteiger partial charge in [-0.05, 0) is 11.4 Å². The number of carbonyl (C=O) groups is 1. The van der Waals surface area contributed by atoms with Crippen molar-refractivity contribution in [1.29, 1.82) is 0 Å². The molecule has 3 heterocycles. The van der Waals surface area contributed by atoms with Crippen molar-refractivity contribution in [2.24, 2.45) is 5.92 Å². The van der Waals surface area contributed by atoms with Crippen LogP contribution in [-0.4, -0.2) is 32.8 Å². The average Bonchev–Trinajstić information content (AvgIpc) is 3.11. The van der Waals surface area contributed by atoms with Crippen molar-refractivity contribution < 1.29 is 13.6 Å². The Hall–Kier alpha value is -1.76. The molecule has 2 aromatic rings. The molecule has 0 bridgehead atoms. The number of carbonyl (C=O) groups excluding carboxylic acids is 1. The molecule has 1 aliphatic carbocycles. The summed E-state index contributed by atoms with van der Waals surface area (Å²) in [5.41, 5.74) is 1.06. The van der Waals surface area contributed by atoms with Crippen LogP contribution in [0.3, 0.4) is 0 Å². The van der Waals surface area contributed by atoms with Crippen molar-refractivity contribution in [3.63, 3.8) is 0 Å². The van der Waals surface area contributed by atoms with Gasteiger partial charge in [0.15, 0.2) is 0 Å². The van der Waals surface area contributed by atoms with E-state index in [1.807, 2.05) is 23.7 Å². The number of fused-ring (bicyclic) bond motifs is 1. The predicted octanol–water partition coefficient (Wildman–Crippen LogP) is 3.00. The highest BCUT2D eigenvalue weighted by Gasteiger charge is 2.50. The van der Waals surface area contributed by atoms with Crippen LogP contribution in [0.25, 0.3) is 10.6 Å². The van der Waals surface area contributed by atoms with E-state index in [0.29, 0.717) is 19.6 Å². The number of halogens is 2. The highest BCUT2D eigenvalue weighted by Crippen LogP contribution is 2.43. The summed E-state index contributed by atoms with van der Waals surface area (Å²) in [6.45, 7) is 1.63. The van der Waals surface area contributed by atoms with Gasteiger partial charge in [-0.2, -0.15) is 0 Å². The monoisotopic (exact) mass is 323 g/mol. The highest BCUT2D eigenvalue weighted by molar-refractivity contribution is 7.13. The number of aromatic nitrogens is 2. The first kappa shape index (κ1) is 13.9. The minimum Gasteiger partial charge on any atom is -0.333 e. The van der Waals surface area contributed by atoms with Crippen LogP contribution in [0.2, 0.25) is 0 Å². The summed E-state index contributed by atoms with van der Waals surface area (Å²) < 4.78 is 28.0. The quantitative estimate of drug-likeness (QED) is 0.852. The van der Waals surface area contributed by atoms with Gasteiger partial charge >= 0.3 is 0 Å². The predicted molar refractivity (Wildman–Crippen MR) is 78.6 cm³/mol. The van der Waals surface area contributed by atoms with Crippen LogP contribution in [0.4, 0.5) is 8.78 Å². The zero-order valence-corrected chi connectivity index (χ0v) is 12.7. The number of hydrogen-bond donors (Lipinski definition) is 0. The smallest absolute Gasteiger partial charge is 0.249 e. The summed E-state index contributed by atoms with van der Waals surface area (Å²) in [5, 5.41) is 2.02. The molecule has 0 radical (unpaired) electrons. The molecule has 0 spiro atoms. The van der Waals surface area contributed by atoms with Crippen LogP contribution in [0.15, 0.2) is 23.7 Å². The molecule has 0 atom stereocenters. The Balaban J connectivity index is 1.50. The minimum atomic E-state index is -2.65. The summed E-state index contributed by atoms with van der Waals surface area (Å²) >= 11 is 1.65.